The summed E-state index contributed by atoms with van der Waals surface area (Å²) in [4.78, 5) is 148. The number of likely N-dealkylation sites (N-methyl/N-ethyl adjacent to an activating group) is 1. The van der Waals surface area contributed by atoms with E-state index in [-0.39, 0.29) is 65.8 Å². The van der Waals surface area contributed by atoms with Crippen LogP contribution in [0.3, 0.4) is 0 Å². The van der Waals surface area contributed by atoms with Gasteiger partial charge in [0.15, 0.2) is 5.60 Å². The molecule has 25 nitrogen and oxygen atoms in total. The quantitative estimate of drug-likeness (QED) is 0.0179. The highest BCUT2D eigenvalue weighted by Gasteiger charge is 2.50. The highest BCUT2D eigenvalue weighted by molar-refractivity contribution is 6.15. The fraction of sp³-hybridized carbons (Fsp3) is 0.396. The van der Waals surface area contributed by atoms with Gasteiger partial charge >= 0.3 is 18.1 Å². The Hall–Kier alpha value is -8.96. The molecule has 8 N–H and O–H groups in total. The second-order valence-electron chi connectivity index (χ2n) is 19.6. The SMILES string of the molecule is CC[C@@]1(O)C(=O)OCc2c1cc1n(c2=O)Cc2c-1nc1cc(F)c(C)c3c1c2[C@@H](N(C)C(=O)[C@@H](OCNC(=O)CNC(=O)[C@H](Cc1ccccc1)NC(=O)CNC(=O)CNC(=O)[C@H](CNCC(=O)O)N1C(=O)C=CC1=O)C(F)(F)F)CC3. The molecule has 2 aromatic carbocycles. The van der Waals surface area contributed by atoms with E-state index in [9.17, 15) is 71.0 Å². The van der Waals surface area contributed by atoms with E-state index in [0.29, 0.717) is 32.5 Å². The van der Waals surface area contributed by atoms with Gasteiger partial charge < -0.3 is 61.1 Å². The summed E-state index contributed by atoms with van der Waals surface area (Å²) in [5.74, 6) is -11.1. The molecular weight excluding hydrogens is 1090 g/mol. The van der Waals surface area contributed by atoms with Crippen molar-refractivity contribution in [2.24, 2.45) is 0 Å². The Labute approximate surface area is 461 Å². The molecule has 434 valence electrons. The molecule has 3 aliphatic heterocycles. The van der Waals surface area contributed by atoms with Gasteiger partial charge in [0.05, 0.1) is 61.2 Å². The van der Waals surface area contributed by atoms with Crippen molar-refractivity contribution >= 4 is 70.1 Å². The molecule has 29 heteroatoms. The lowest BCUT2D eigenvalue weighted by Crippen LogP contribution is -2.56. The lowest BCUT2D eigenvalue weighted by atomic mass is 9.81. The minimum Gasteiger partial charge on any atom is -0.480 e. The monoisotopic (exact) mass is 1150 g/mol. The zero-order valence-corrected chi connectivity index (χ0v) is 44.0. The molecule has 0 unspecified atom stereocenters. The Kier molecular flexibility index (Phi) is 17.3. The van der Waals surface area contributed by atoms with E-state index in [1.807, 2.05) is 0 Å². The first-order valence-electron chi connectivity index (χ1n) is 25.5. The smallest absolute Gasteiger partial charge is 0.423 e. The lowest BCUT2D eigenvalue weighted by Gasteiger charge is -2.37. The Bertz CT molecular complexity index is 3410. The number of ether oxygens (including phenoxy) is 2. The molecule has 8 rings (SSSR count). The summed E-state index contributed by atoms with van der Waals surface area (Å²) >= 11 is 0. The fourth-order valence-electron chi connectivity index (χ4n) is 10.3. The number of carboxylic acids is 1. The summed E-state index contributed by atoms with van der Waals surface area (Å²) in [5.41, 5.74) is -0.608. The van der Waals surface area contributed by atoms with Gasteiger partial charge in [-0.05, 0) is 54.5 Å². The number of nitrogens with one attached hydrogen (secondary N) is 6. The minimum atomic E-state index is -5.36. The van der Waals surface area contributed by atoms with Gasteiger partial charge in [-0.3, -0.25) is 52.8 Å². The van der Waals surface area contributed by atoms with Crippen LogP contribution in [0.15, 0.2) is 59.4 Å². The van der Waals surface area contributed by atoms with E-state index < -0.39 is 153 Å². The molecule has 0 radical (unpaired) electrons. The van der Waals surface area contributed by atoms with Gasteiger partial charge in [-0.25, -0.2) is 14.2 Å². The Morgan fingerprint density at radius 2 is 1.55 bits per heavy atom. The summed E-state index contributed by atoms with van der Waals surface area (Å²) in [6, 6.07) is 6.61. The number of amides is 8. The van der Waals surface area contributed by atoms with Gasteiger partial charge in [-0.15, -0.1) is 0 Å². The Morgan fingerprint density at radius 1 is 0.890 bits per heavy atom. The number of imide groups is 1. The zero-order chi connectivity index (χ0) is 59.5. The molecular formula is C53H54F4N10O15. The van der Waals surface area contributed by atoms with E-state index in [2.05, 4.69) is 31.9 Å². The van der Waals surface area contributed by atoms with Crippen LogP contribution in [0.5, 0.6) is 0 Å². The molecule has 0 saturated heterocycles. The molecule has 5 atom stereocenters. The zero-order valence-electron chi connectivity index (χ0n) is 44.0. The number of hydrogen-bond donors (Lipinski definition) is 8. The van der Waals surface area contributed by atoms with Crippen molar-refractivity contribution in [2.75, 3.05) is 46.5 Å². The van der Waals surface area contributed by atoms with E-state index in [1.54, 1.807) is 30.3 Å². The normalized spacial score (nSPS) is 17.9. The first-order valence-corrected chi connectivity index (χ1v) is 25.5. The second-order valence-corrected chi connectivity index (χ2v) is 19.6. The van der Waals surface area contributed by atoms with Gasteiger partial charge in [-0.1, -0.05) is 37.3 Å². The number of cyclic esters (lactones) is 1. The number of carboxylic acid groups (broad SMARTS) is 1. The first-order chi connectivity index (χ1) is 38.8. The summed E-state index contributed by atoms with van der Waals surface area (Å²) in [6.45, 7) is -2.31. The number of aliphatic carboxylic acids is 1. The summed E-state index contributed by atoms with van der Waals surface area (Å²) in [5, 5.41) is 34.3. The number of nitrogens with zero attached hydrogens (tertiary/aromatic N) is 4. The third-order valence-electron chi connectivity index (χ3n) is 14.5. The maximum atomic E-state index is 15.5. The van der Waals surface area contributed by atoms with E-state index in [4.69, 9.17) is 19.6 Å². The molecule has 4 aromatic rings. The lowest BCUT2D eigenvalue weighted by molar-refractivity contribution is -0.225. The highest BCUT2D eigenvalue weighted by Crippen LogP contribution is 2.48. The third-order valence-corrected chi connectivity index (χ3v) is 14.5. The first kappa shape index (κ1) is 59.2. The molecule has 8 amide bonds. The fourth-order valence-corrected chi connectivity index (χ4v) is 10.3. The molecule has 2 aromatic heterocycles. The van der Waals surface area contributed by atoms with Crippen LogP contribution in [0, 0.1) is 12.7 Å². The number of aliphatic hydroxyl groups is 1. The van der Waals surface area contributed by atoms with Crippen molar-refractivity contribution in [3.05, 3.63) is 110 Å². The average molecular weight is 1150 g/mol. The molecule has 0 saturated carbocycles. The number of benzene rings is 2. The number of aryl methyl sites for hydroxylation is 1. The summed E-state index contributed by atoms with van der Waals surface area (Å²) in [6.07, 6.45) is -6.97. The van der Waals surface area contributed by atoms with Gasteiger partial charge in [-0.2, -0.15) is 13.2 Å². The number of halogens is 4. The van der Waals surface area contributed by atoms with Crippen molar-refractivity contribution in [3.63, 3.8) is 0 Å². The average Bonchev–Trinajstić information content (AvgIpc) is 2.07. The molecule has 0 fully saturated rings. The van der Waals surface area contributed by atoms with Crippen molar-refractivity contribution < 1.29 is 85.2 Å². The van der Waals surface area contributed by atoms with Crippen molar-refractivity contribution in [1.82, 2.24) is 51.3 Å². The van der Waals surface area contributed by atoms with Crippen LogP contribution in [0.4, 0.5) is 17.6 Å². The molecule has 0 bridgehead atoms. The van der Waals surface area contributed by atoms with Crippen LogP contribution in [-0.2, 0) is 89.0 Å². The van der Waals surface area contributed by atoms with Crippen molar-refractivity contribution in [1.29, 1.82) is 0 Å². The second kappa shape index (κ2) is 24.0. The maximum Gasteiger partial charge on any atom is 0.423 e. The van der Waals surface area contributed by atoms with E-state index in [1.165, 1.54) is 24.5 Å². The predicted molar refractivity (Wildman–Crippen MR) is 273 cm³/mol. The summed E-state index contributed by atoms with van der Waals surface area (Å²) in [7, 11) is 1.12. The highest BCUT2D eigenvalue weighted by atomic mass is 19.4. The van der Waals surface area contributed by atoms with Crippen molar-refractivity contribution in [3.8, 4) is 11.4 Å². The maximum absolute atomic E-state index is 15.5. The number of carbonyl (C=O) groups excluding carboxylic acids is 9. The van der Waals surface area contributed by atoms with Crippen LogP contribution in [0.2, 0.25) is 0 Å². The van der Waals surface area contributed by atoms with Gasteiger partial charge in [0.25, 0.3) is 23.3 Å². The molecule has 82 heavy (non-hydrogen) atoms. The van der Waals surface area contributed by atoms with E-state index in [0.717, 1.165) is 30.2 Å². The number of alkyl halides is 3. The number of pyridine rings is 2. The Morgan fingerprint density at radius 3 is 2.21 bits per heavy atom. The van der Waals surface area contributed by atoms with Crippen LogP contribution in [0.25, 0.3) is 22.3 Å². The number of hydrogen-bond acceptors (Lipinski definition) is 16. The third kappa shape index (κ3) is 12.1. The largest absolute Gasteiger partial charge is 0.480 e. The van der Waals surface area contributed by atoms with Crippen LogP contribution in [0.1, 0.15) is 64.8 Å². The molecule has 1 aliphatic carbocycles. The van der Waals surface area contributed by atoms with Gasteiger partial charge in [0, 0.05) is 54.7 Å². The van der Waals surface area contributed by atoms with Crippen LogP contribution in [-0.4, -0.2) is 160 Å². The Balaban J connectivity index is 0.898. The molecule has 5 heterocycles. The predicted octanol–water partition coefficient (Wildman–Crippen LogP) is -0.962. The topological polar surface area (TPSA) is 343 Å². The number of carbonyl (C=O) groups is 10. The molecule has 0 spiro atoms. The number of fused-ring (bicyclic) bond motifs is 5. The van der Waals surface area contributed by atoms with Crippen LogP contribution >= 0.6 is 0 Å². The number of rotatable bonds is 22. The number of esters is 1. The summed E-state index contributed by atoms with van der Waals surface area (Å²) < 4.78 is 71.6. The van der Waals surface area contributed by atoms with Gasteiger partial charge in [0.2, 0.25) is 35.6 Å². The minimum absolute atomic E-state index is 0.00273. The molecule has 4 aliphatic rings. The van der Waals surface area contributed by atoms with Crippen LogP contribution < -0.4 is 37.5 Å². The van der Waals surface area contributed by atoms with E-state index >= 15 is 4.39 Å². The van der Waals surface area contributed by atoms with Crippen molar-refractivity contribution in [2.45, 2.75) is 88.7 Å². The van der Waals surface area contributed by atoms with Gasteiger partial charge in [0.1, 0.15) is 31.2 Å². The standard InChI is InChI=1S/C53H54F4N10O15/c1-4-52(80)30-15-35-45-28(22-66(35)49(77)29(30)23-81-51(52)79)44-34(11-10-27-25(2)31(54)16-32(64-45)43(27)44)65(3)50(78)46(53(55,56)57)82-24-62-38(69)19-60-47(75)33(14-26-8-6-5-7-9-26)63-39(70)20-59-37(68)18-61-48(76)36(17-58-21-42(73)74)67-40(71)12-13-41(67)72/h5-9,12-13,15-16,33-34,36,46,58,80H,4,10-11,14,17-24H2,1-3H3,(H,59,68)(H,60,75)(H,61,76)(H,62,69)(H,63,70)(H,73,74)/t33-,34-,36-,46+,52-/m0/s1. The number of aromatic nitrogens is 2.